The van der Waals surface area contributed by atoms with Gasteiger partial charge in [0.15, 0.2) is 0 Å². The molecule has 0 radical (unpaired) electrons. The lowest BCUT2D eigenvalue weighted by Gasteiger charge is -2.30. The van der Waals surface area contributed by atoms with Crippen molar-refractivity contribution in [1.29, 1.82) is 5.41 Å². The van der Waals surface area contributed by atoms with Crippen molar-refractivity contribution in [3.63, 3.8) is 0 Å². The summed E-state index contributed by atoms with van der Waals surface area (Å²) in [5.41, 5.74) is 2.21. The molecule has 0 saturated carbocycles. The number of aromatic nitrogens is 2. The summed E-state index contributed by atoms with van der Waals surface area (Å²) < 4.78 is 0. The average Bonchev–Trinajstić information content (AvgIpc) is 2.96. The molecule has 5 N–H and O–H groups in total. The summed E-state index contributed by atoms with van der Waals surface area (Å²) in [7, 11) is 0. The van der Waals surface area contributed by atoms with Gasteiger partial charge in [0.1, 0.15) is 17.9 Å². The van der Waals surface area contributed by atoms with Gasteiger partial charge in [0.05, 0.1) is 21.1 Å². The molecule has 0 saturated heterocycles. The van der Waals surface area contributed by atoms with E-state index in [0.29, 0.717) is 34.1 Å². The monoisotopic (exact) mass is 591 g/mol. The Morgan fingerprint density at radius 2 is 1.98 bits per heavy atom. The predicted molar refractivity (Wildman–Crippen MR) is 155 cm³/mol. The van der Waals surface area contributed by atoms with Crippen LogP contribution in [0.25, 0.3) is 10.9 Å². The largest absolute Gasteiger partial charge is 0.478 e. The number of carbonyl (C=O) groups is 3. The summed E-state index contributed by atoms with van der Waals surface area (Å²) in [6.45, 7) is 0.410. The zero-order valence-electron chi connectivity index (χ0n) is 21.3. The van der Waals surface area contributed by atoms with Gasteiger partial charge in [-0.15, -0.1) is 0 Å². The highest BCUT2D eigenvalue weighted by Gasteiger charge is 2.30. The third-order valence-electron chi connectivity index (χ3n) is 6.53. The smallest absolute Gasteiger partial charge is 0.347 e. The van der Waals surface area contributed by atoms with Crippen LogP contribution in [0.5, 0.6) is 0 Å². The van der Waals surface area contributed by atoms with E-state index in [1.54, 1.807) is 48.7 Å². The number of hydrogen-bond donors (Lipinski definition) is 5. The number of dihydropyridines is 1. The summed E-state index contributed by atoms with van der Waals surface area (Å²) in [6.07, 6.45) is 8.53. The van der Waals surface area contributed by atoms with Gasteiger partial charge in [0, 0.05) is 30.4 Å². The fraction of sp³-hybridized carbons (Fsp3) is 0.143. The van der Waals surface area contributed by atoms with Crippen LogP contribution in [0.3, 0.4) is 0 Å². The van der Waals surface area contributed by atoms with Crippen LogP contribution >= 0.6 is 23.2 Å². The summed E-state index contributed by atoms with van der Waals surface area (Å²) in [5.74, 6) is -2.39. The average molecular weight is 592 g/mol. The van der Waals surface area contributed by atoms with Gasteiger partial charge in [-0.25, -0.2) is 14.8 Å². The van der Waals surface area contributed by atoms with Crippen molar-refractivity contribution in [3.05, 3.63) is 99.6 Å². The van der Waals surface area contributed by atoms with Crippen LogP contribution in [0.4, 0.5) is 5.82 Å². The molecular formula is C28H23Cl2N7O4. The first-order valence-electron chi connectivity index (χ1n) is 12.4. The molecular weight excluding hydrogens is 569 g/mol. The minimum absolute atomic E-state index is 0.00213. The zero-order valence-corrected chi connectivity index (χ0v) is 22.8. The summed E-state index contributed by atoms with van der Waals surface area (Å²) in [5, 5.41) is 26.8. The first kappa shape index (κ1) is 27.8. The van der Waals surface area contributed by atoms with Crippen LogP contribution in [-0.2, 0) is 22.6 Å². The molecule has 11 nitrogen and oxygen atoms in total. The molecule has 2 aliphatic rings. The number of amides is 2. The molecule has 5 rings (SSSR count). The maximum atomic E-state index is 13.3. The number of para-hydroxylation sites is 1. The molecule has 13 heteroatoms. The minimum atomic E-state index is -1.55. The number of nitrogens with one attached hydrogen (secondary N) is 4. The Labute approximate surface area is 244 Å². The van der Waals surface area contributed by atoms with E-state index in [0.717, 1.165) is 0 Å². The first-order chi connectivity index (χ1) is 19.7. The topological polar surface area (TPSA) is 160 Å². The Balaban J connectivity index is 1.33. The number of hydrogen-bond acceptors (Lipinski definition) is 8. The van der Waals surface area contributed by atoms with Crippen LogP contribution in [0.1, 0.15) is 21.5 Å². The summed E-state index contributed by atoms with van der Waals surface area (Å²) in [6, 6.07) is 8.56. The number of rotatable bonds is 7. The van der Waals surface area contributed by atoms with Gasteiger partial charge in [-0.05, 0) is 54.0 Å². The minimum Gasteiger partial charge on any atom is -0.478 e. The standard InChI is InChI=1S/C28H23Cl2N7O4/c29-19-11-15-13-37(27(39)20(31)12-16-5-3-4-9-32-16)10-8-17(15)23(30)22(19)26(38)36-25(28(40)41)35-24-18-6-1-2-7-21(18)33-14-34-24/h1-7,9,11-12,14,25,31-32H,8,10,13H2,(H,36,38)(H,40,41)(H,33,34,35)/b16-12-,31-20?/t25-/m1/s1. The lowest BCUT2D eigenvalue weighted by Crippen LogP contribution is -2.46. The Hall–Kier alpha value is -4.74. The van der Waals surface area contributed by atoms with Gasteiger partial charge in [-0.1, -0.05) is 41.4 Å². The Bertz CT molecular complexity index is 1680. The lowest BCUT2D eigenvalue weighted by molar-refractivity contribution is -0.138. The number of anilines is 1. The van der Waals surface area contributed by atoms with Gasteiger partial charge >= 0.3 is 5.97 Å². The molecule has 1 aromatic heterocycles. The molecule has 0 spiro atoms. The van der Waals surface area contributed by atoms with E-state index in [9.17, 15) is 19.5 Å². The number of benzene rings is 2. The highest BCUT2D eigenvalue weighted by Crippen LogP contribution is 2.35. The molecule has 41 heavy (non-hydrogen) atoms. The lowest BCUT2D eigenvalue weighted by atomic mass is 9.96. The number of carboxylic acids is 1. The second-order valence-electron chi connectivity index (χ2n) is 9.17. The molecule has 2 aliphatic heterocycles. The maximum Gasteiger partial charge on any atom is 0.347 e. The number of halogens is 2. The second kappa shape index (κ2) is 11.8. The number of nitrogens with zero attached hydrogens (tertiary/aromatic N) is 3. The van der Waals surface area contributed by atoms with E-state index >= 15 is 0 Å². The molecule has 0 fully saturated rings. The molecule has 1 atom stereocenters. The Morgan fingerprint density at radius 3 is 2.73 bits per heavy atom. The molecule has 2 amide bonds. The normalized spacial score (nSPS) is 15.7. The van der Waals surface area contributed by atoms with Crippen molar-refractivity contribution in [2.75, 3.05) is 11.9 Å². The molecule has 208 valence electrons. The summed E-state index contributed by atoms with van der Waals surface area (Å²) in [4.78, 5) is 48.0. The van der Waals surface area contributed by atoms with Crippen molar-refractivity contribution in [2.24, 2.45) is 0 Å². The fourth-order valence-electron chi connectivity index (χ4n) is 4.54. The molecule has 0 unspecified atom stereocenters. The van der Waals surface area contributed by atoms with Gasteiger partial charge in [0.25, 0.3) is 11.8 Å². The van der Waals surface area contributed by atoms with Gasteiger partial charge < -0.3 is 26.0 Å². The van der Waals surface area contributed by atoms with E-state index in [2.05, 4.69) is 25.9 Å². The quantitative estimate of drug-likeness (QED) is 0.205. The van der Waals surface area contributed by atoms with Gasteiger partial charge in [0.2, 0.25) is 6.17 Å². The van der Waals surface area contributed by atoms with Crippen molar-refractivity contribution in [2.45, 2.75) is 19.1 Å². The molecule has 2 aromatic carbocycles. The van der Waals surface area contributed by atoms with E-state index in [-0.39, 0.29) is 40.2 Å². The number of carboxylic acid groups (broad SMARTS) is 1. The number of fused-ring (bicyclic) bond motifs is 2. The second-order valence-corrected chi connectivity index (χ2v) is 9.95. The Morgan fingerprint density at radius 1 is 1.17 bits per heavy atom. The van der Waals surface area contributed by atoms with Gasteiger partial charge in [-0.3, -0.25) is 15.0 Å². The predicted octanol–water partition coefficient (Wildman–Crippen LogP) is 3.65. The van der Waals surface area contributed by atoms with E-state index in [1.165, 1.54) is 23.4 Å². The van der Waals surface area contributed by atoms with E-state index < -0.39 is 23.9 Å². The van der Waals surface area contributed by atoms with Crippen LogP contribution in [0, 0.1) is 5.41 Å². The van der Waals surface area contributed by atoms with Crippen LogP contribution in [-0.4, -0.2) is 56.2 Å². The van der Waals surface area contributed by atoms with Crippen molar-refractivity contribution < 1.29 is 19.5 Å². The fourth-order valence-corrected chi connectivity index (χ4v) is 5.30. The van der Waals surface area contributed by atoms with Crippen molar-refractivity contribution >= 4 is 63.4 Å². The molecule has 3 aromatic rings. The number of allylic oxidation sites excluding steroid dienone is 3. The van der Waals surface area contributed by atoms with Crippen LogP contribution in [0.15, 0.2) is 72.9 Å². The van der Waals surface area contributed by atoms with E-state index in [1.807, 2.05) is 0 Å². The molecule has 3 heterocycles. The third kappa shape index (κ3) is 5.91. The first-order valence-corrected chi connectivity index (χ1v) is 13.2. The molecule has 0 aliphatic carbocycles. The van der Waals surface area contributed by atoms with Crippen LogP contribution < -0.4 is 16.0 Å². The highest BCUT2D eigenvalue weighted by molar-refractivity contribution is 6.42. The highest BCUT2D eigenvalue weighted by atomic mass is 35.5. The van der Waals surface area contributed by atoms with Gasteiger partial charge in [-0.2, -0.15) is 0 Å². The van der Waals surface area contributed by atoms with Crippen molar-refractivity contribution in [3.8, 4) is 0 Å². The zero-order chi connectivity index (χ0) is 29.1. The maximum absolute atomic E-state index is 13.3. The van der Waals surface area contributed by atoms with Crippen LogP contribution in [0.2, 0.25) is 10.0 Å². The SMILES string of the molecule is N=C(/C=C1/C=CC=CN1)C(=O)N1CCc2c(cc(Cl)c(C(=O)N[C@@H](Nc3ncnc4ccccc34)C(=O)O)c2Cl)C1. The van der Waals surface area contributed by atoms with E-state index in [4.69, 9.17) is 28.6 Å². The van der Waals surface area contributed by atoms with Crippen molar-refractivity contribution in [1.82, 2.24) is 25.5 Å². The number of aliphatic carboxylic acids is 1. The third-order valence-corrected chi connectivity index (χ3v) is 7.24. The molecule has 0 bridgehead atoms. The summed E-state index contributed by atoms with van der Waals surface area (Å²) >= 11 is 13.1. The Kier molecular flexibility index (Phi) is 7.99. The number of carbonyl (C=O) groups excluding carboxylic acids is 2.